The maximum absolute atomic E-state index is 4.73. The van der Waals surface area contributed by atoms with E-state index in [1.165, 1.54) is 32.6 Å². The van der Waals surface area contributed by atoms with Crippen LogP contribution in [0.3, 0.4) is 0 Å². The molecule has 0 aliphatic carbocycles. The van der Waals surface area contributed by atoms with Gasteiger partial charge in [0, 0.05) is 67.6 Å². The smallest absolute Gasteiger partial charge is 0.137 e. The molecule has 11 rings (SSSR count). The molecule has 5 nitrogen and oxygen atoms in total. The summed E-state index contributed by atoms with van der Waals surface area (Å²) in [5.41, 5.74) is 12.3. The highest BCUT2D eigenvalue weighted by Gasteiger charge is 2.20. The molecular weight excluding hydrogens is 707 g/mol. The largest absolute Gasteiger partial charge is 0.310 e. The molecule has 0 N–H and O–H groups in total. The number of hydrogen-bond donors (Lipinski definition) is 0. The molecule has 0 aliphatic heterocycles. The summed E-state index contributed by atoms with van der Waals surface area (Å²) in [7, 11) is 0. The van der Waals surface area contributed by atoms with Gasteiger partial charge in [-0.2, -0.15) is 0 Å². The third kappa shape index (κ3) is 5.60. The predicted octanol–water partition coefficient (Wildman–Crippen LogP) is 14.2. The highest BCUT2D eigenvalue weighted by Crippen LogP contribution is 2.43. The molecule has 0 radical (unpaired) electrons. The molecule has 274 valence electrons. The first-order chi connectivity index (χ1) is 28.8. The Morgan fingerprint density at radius 1 is 0.293 bits per heavy atom. The van der Waals surface area contributed by atoms with E-state index >= 15 is 0 Å². The lowest BCUT2D eigenvalue weighted by atomic mass is 10.1. The van der Waals surface area contributed by atoms with Crippen LogP contribution in [0.5, 0.6) is 0 Å². The molecule has 0 spiro atoms. The Labute approximate surface area is 336 Å². The lowest BCUT2D eigenvalue weighted by Gasteiger charge is -2.28. The van der Waals surface area contributed by atoms with Crippen LogP contribution in [-0.2, 0) is 0 Å². The lowest BCUT2D eigenvalue weighted by Crippen LogP contribution is -2.12. The number of para-hydroxylation sites is 5. The van der Waals surface area contributed by atoms with Crippen LogP contribution in [0.15, 0.2) is 225 Å². The first-order valence-electron chi connectivity index (χ1n) is 19.6. The molecule has 58 heavy (non-hydrogen) atoms. The molecule has 3 heterocycles. The fourth-order valence-corrected chi connectivity index (χ4v) is 8.59. The minimum absolute atomic E-state index is 0.904. The minimum Gasteiger partial charge on any atom is -0.310 e. The van der Waals surface area contributed by atoms with Crippen LogP contribution < -0.4 is 9.80 Å². The first kappa shape index (κ1) is 33.4. The molecule has 8 aromatic carbocycles. The molecule has 11 aromatic rings. The number of benzene rings is 8. The third-order valence-electron chi connectivity index (χ3n) is 11.1. The van der Waals surface area contributed by atoms with E-state index in [9.17, 15) is 0 Å². The number of rotatable bonds is 8. The fraction of sp³-hybridized carbons (Fsp3) is 0. The van der Waals surface area contributed by atoms with Gasteiger partial charge >= 0.3 is 0 Å². The second-order valence-electron chi connectivity index (χ2n) is 14.5. The monoisotopic (exact) mass is 743 g/mol. The van der Waals surface area contributed by atoms with E-state index in [0.717, 1.165) is 56.7 Å². The average molecular weight is 744 g/mol. The van der Waals surface area contributed by atoms with Crippen molar-refractivity contribution >= 4 is 77.7 Å². The van der Waals surface area contributed by atoms with Crippen LogP contribution in [-0.4, -0.2) is 14.1 Å². The maximum Gasteiger partial charge on any atom is 0.137 e. The van der Waals surface area contributed by atoms with Crippen LogP contribution in [0.2, 0.25) is 0 Å². The summed E-state index contributed by atoms with van der Waals surface area (Å²) in [6, 6.07) is 77.8. The van der Waals surface area contributed by atoms with Crippen LogP contribution in [0.4, 0.5) is 34.1 Å². The summed E-state index contributed by atoms with van der Waals surface area (Å²) in [6.07, 6.45) is 1.85. The van der Waals surface area contributed by atoms with E-state index in [1.54, 1.807) is 0 Å². The van der Waals surface area contributed by atoms with Crippen molar-refractivity contribution in [2.24, 2.45) is 0 Å². The van der Waals surface area contributed by atoms with E-state index in [2.05, 4.69) is 225 Å². The molecule has 0 unspecified atom stereocenters. The lowest BCUT2D eigenvalue weighted by molar-refractivity contribution is 1.08. The normalized spacial score (nSPS) is 11.4. The molecule has 0 bridgehead atoms. The van der Waals surface area contributed by atoms with Gasteiger partial charge in [0.05, 0.1) is 22.1 Å². The Kier molecular flexibility index (Phi) is 8.07. The summed E-state index contributed by atoms with van der Waals surface area (Å²) in [6.45, 7) is 0. The van der Waals surface area contributed by atoms with E-state index in [4.69, 9.17) is 4.98 Å². The number of anilines is 6. The fourth-order valence-electron chi connectivity index (χ4n) is 8.59. The number of nitrogens with zero attached hydrogens (tertiary/aromatic N) is 5. The maximum atomic E-state index is 4.73. The first-order valence-corrected chi connectivity index (χ1v) is 19.6. The van der Waals surface area contributed by atoms with Crippen molar-refractivity contribution in [2.75, 3.05) is 9.80 Å². The van der Waals surface area contributed by atoms with E-state index in [-0.39, 0.29) is 0 Å². The average Bonchev–Trinajstić information content (AvgIpc) is 3.81. The number of pyridine rings is 1. The number of hydrogen-bond acceptors (Lipinski definition) is 3. The zero-order chi connectivity index (χ0) is 38.4. The molecule has 0 amide bonds. The van der Waals surface area contributed by atoms with Gasteiger partial charge in [-0.3, -0.25) is 4.57 Å². The van der Waals surface area contributed by atoms with Crippen molar-refractivity contribution in [3.8, 4) is 11.5 Å². The summed E-state index contributed by atoms with van der Waals surface area (Å²) in [5, 5.41) is 4.81. The summed E-state index contributed by atoms with van der Waals surface area (Å²) < 4.78 is 4.62. The standard InChI is InChI=1S/C53H37N5/c1-4-16-38(17-5-1)55(43-31-33-51-47(36-43)45-22-10-12-24-49(45)57(51)40-20-8-3-9-21-40)41-27-29-42(30-28-41)56(39-18-6-2-7-19-39)44-32-34-52-48(37-44)46-23-11-13-25-50(46)58(52)53-26-14-15-35-54-53/h1-37H. The molecule has 0 saturated carbocycles. The zero-order valence-corrected chi connectivity index (χ0v) is 31.6. The Morgan fingerprint density at radius 2 is 0.690 bits per heavy atom. The van der Waals surface area contributed by atoms with Gasteiger partial charge in [-0.05, 0) is 121 Å². The van der Waals surface area contributed by atoms with Crippen molar-refractivity contribution in [3.63, 3.8) is 0 Å². The molecule has 0 aliphatic rings. The van der Waals surface area contributed by atoms with E-state index in [0.29, 0.717) is 0 Å². The summed E-state index contributed by atoms with van der Waals surface area (Å²) in [5.74, 6) is 0.904. The summed E-state index contributed by atoms with van der Waals surface area (Å²) >= 11 is 0. The highest BCUT2D eigenvalue weighted by molar-refractivity contribution is 6.12. The van der Waals surface area contributed by atoms with Gasteiger partial charge in [0.25, 0.3) is 0 Å². The van der Waals surface area contributed by atoms with Gasteiger partial charge in [-0.15, -0.1) is 0 Å². The molecule has 0 fully saturated rings. The molecule has 0 saturated heterocycles. The SMILES string of the molecule is c1ccc(N(c2ccc(N(c3ccccc3)c3ccc4c(c3)c3ccccc3n4-c3ccccn3)cc2)c2ccc3c(c2)c2ccccc2n3-c2ccccc2)cc1. The Balaban J connectivity index is 1.04. The predicted molar refractivity (Wildman–Crippen MR) is 242 cm³/mol. The topological polar surface area (TPSA) is 29.2 Å². The van der Waals surface area contributed by atoms with Crippen LogP contribution in [0.25, 0.3) is 55.1 Å². The second kappa shape index (κ2) is 14.0. The Morgan fingerprint density at radius 3 is 1.21 bits per heavy atom. The Bertz CT molecular complexity index is 2990. The van der Waals surface area contributed by atoms with Crippen LogP contribution in [0.1, 0.15) is 0 Å². The molecular formula is C53H37N5. The molecule has 5 heteroatoms. The van der Waals surface area contributed by atoms with E-state index < -0.39 is 0 Å². The van der Waals surface area contributed by atoms with Gasteiger partial charge < -0.3 is 14.4 Å². The van der Waals surface area contributed by atoms with Crippen molar-refractivity contribution in [2.45, 2.75) is 0 Å². The van der Waals surface area contributed by atoms with Gasteiger partial charge in [0.1, 0.15) is 5.82 Å². The van der Waals surface area contributed by atoms with Crippen molar-refractivity contribution in [1.82, 2.24) is 14.1 Å². The Hall–Kier alpha value is -7.89. The quantitative estimate of drug-likeness (QED) is 0.155. The van der Waals surface area contributed by atoms with Gasteiger partial charge in [-0.1, -0.05) is 97.1 Å². The zero-order valence-electron chi connectivity index (χ0n) is 31.6. The second-order valence-corrected chi connectivity index (χ2v) is 14.5. The van der Waals surface area contributed by atoms with Gasteiger partial charge in [0.2, 0.25) is 0 Å². The van der Waals surface area contributed by atoms with Crippen molar-refractivity contribution in [3.05, 3.63) is 225 Å². The number of fused-ring (bicyclic) bond motifs is 6. The van der Waals surface area contributed by atoms with Crippen LogP contribution in [0, 0.1) is 0 Å². The van der Waals surface area contributed by atoms with Crippen LogP contribution >= 0.6 is 0 Å². The molecule has 0 atom stereocenters. The minimum atomic E-state index is 0.904. The van der Waals surface area contributed by atoms with Crippen molar-refractivity contribution < 1.29 is 0 Å². The van der Waals surface area contributed by atoms with E-state index in [1.807, 2.05) is 18.3 Å². The van der Waals surface area contributed by atoms with Crippen molar-refractivity contribution in [1.29, 1.82) is 0 Å². The summed E-state index contributed by atoms with van der Waals surface area (Å²) in [4.78, 5) is 9.42. The van der Waals surface area contributed by atoms with Gasteiger partial charge in [-0.25, -0.2) is 4.98 Å². The molecule has 3 aromatic heterocycles. The van der Waals surface area contributed by atoms with Gasteiger partial charge in [0.15, 0.2) is 0 Å². The highest BCUT2D eigenvalue weighted by atomic mass is 15.2. The third-order valence-corrected chi connectivity index (χ3v) is 11.1. The number of aromatic nitrogens is 3.